The average molecular weight is 293 g/mol. The van der Waals surface area contributed by atoms with Crippen molar-refractivity contribution >= 4 is 17.4 Å². The van der Waals surface area contributed by atoms with Gasteiger partial charge < -0.3 is 4.74 Å². The van der Waals surface area contributed by atoms with Crippen LogP contribution in [0, 0.1) is 12.8 Å². The summed E-state index contributed by atoms with van der Waals surface area (Å²) < 4.78 is 6.02. The predicted molar refractivity (Wildman–Crippen MR) is 80.4 cm³/mol. The Morgan fingerprint density at radius 3 is 2.80 bits per heavy atom. The lowest BCUT2D eigenvalue weighted by Gasteiger charge is -2.37. The smallest absolute Gasteiger partial charge is 0.166 e. The summed E-state index contributed by atoms with van der Waals surface area (Å²) in [5.41, 5.74) is 1.81. The third-order valence-electron chi connectivity index (χ3n) is 4.83. The topological polar surface area (TPSA) is 26.3 Å². The van der Waals surface area contributed by atoms with E-state index in [1.54, 1.807) is 0 Å². The van der Waals surface area contributed by atoms with Gasteiger partial charge in [-0.15, -0.1) is 0 Å². The van der Waals surface area contributed by atoms with Gasteiger partial charge in [-0.05, 0) is 56.4 Å². The minimum absolute atomic E-state index is 0.00108. The fourth-order valence-electron chi connectivity index (χ4n) is 3.74. The number of ketones is 1. The Hall–Kier alpha value is -0.860. The summed E-state index contributed by atoms with van der Waals surface area (Å²) in [5, 5.41) is 0.693. The lowest BCUT2D eigenvalue weighted by molar-refractivity contribution is -0.0866. The molecule has 1 saturated heterocycles. The van der Waals surface area contributed by atoms with Crippen LogP contribution in [0.15, 0.2) is 18.2 Å². The molecule has 1 atom stereocenters. The van der Waals surface area contributed by atoms with E-state index in [-0.39, 0.29) is 17.3 Å². The maximum atomic E-state index is 12.8. The van der Waals surface area contributed by atoms with E-state index < -0.39 is 0 Å². The number of Topliss-reactive ketones (excluding diaryl/α,β-unsaturated/α-hetero) is 1. The van der Waals surface area contributed by atoms with Crippen molar-refractivity contribution in [2.75, 3.05) is 6.61 Å². The van der Waals surface area contributed by atoms with Gasteiger partial charge in [-0.3, -0.25) is 4.79 Å². The highest BCUT2D eigenvalue weighted by Crippen LogP contribution is 2.42. The molecule has 1 heterocycles. The molecule has 0 radical (unpaired) electrons. The monoisotopic (exact) mass is 292 g/mol. The van der Waals surface area contributed by atoms with E-state index in [0.717, 1.165) is 43.4 Å². The van der Waals surface area contributed by atoms with Crippen molar-refractivity contribution in [3.8, 4) is 0 Å². The molecule has 1 spiro atoms. The van der Waals surface area contributed by atoms with Crippen molar-refractivity contribution in [2.45, 2.75) is 51.0 Å². The molecule has 0 N–H and O–H groups in total. The van der Waals surface area contributed by atoms with E-state index >= 15 is 0 Å². The van der Waals surface area contributed by atoms with Crippen LogP contribution in [0.4, 0.5) is 0 Å². The zero-order valence-corrected chi connectivity index (χ0v) is 12.7. The Morgan fingerprint density at radius 2 is 2.10 bits per heavy atom. The fraction of sp³-hybridized carbons (Fsp3) is 0.588. The molecule has 1 saturated carbocycles. The number of carbonyl (C=O) groups is 1. The minimum atomic E-state index is -0.00108. The average Bonchev–Trinajstić information content (AvgIpc) is 2.86. The molecule has 3 heteroatoms. The highest BCUT2D eigenvalue weighted by atomic mass is 35.5. The van der Waals surface area contributed by atoms with Crippen LogP contribution < -0.4 is 0 Å². The summed E-state index contributed by atoms with van der Waals surface area (Å²) in [5.74, 6) is 0.385. The summed E-state index contributed by atoms with van der Waals surface area (Å²) in [6.07, 6.45) is 6.46. The van der Waals surface area contributed by atoms with E-state index in [4.69, 9.17) is 16.3 Å². The number of halogens is 1. The third-order valence-corrected chi connectivity index (χ3v) is 5.07. The minimum Gasteiger partial charge on any atom is -0.375 e. The normalized spacial score (nSPS) is 25.0. The number of hydrogen-bond acceptors (Lipinski definition) is 2. The molecule has 1 aromatic carbocycles. The Kier molecular flexibility index (Phi) is 3.87. The van der Waals surface area contributed by atoms with Crippen molar-refractivity contribution < 1.29 is 9.53 Å². The Morgan fingerprint density at radius 1 is 1.35 bits per heavy atom. The summed E-state index contributed by atoms with van der Waals surface area (Å²) in [6, 6.07) is 5.56. The number of benzene rings is 1. The number of hydrogen-bond donors (Lipinski definition) is 0. The maximum Gasteiger partial charge on any atom is 0.166 e. The lowest BCUT2D eigenvalue weighted by Crippen LogP contribution is -2.39. The first-order valence-corrected chi connectivity index (χ1v) is 7.92. The SMILES string of the molecule is Cc1cc(Cl)ccc1C(=O)C1CCOC2(CCCC2)C1. The second-order valence-electron chi connectivity index (χ2n) is 6.25. The summed E-state index contributed by atoms with van der Waals surface area (Å²) >= 11 is 5.97. The summed E-state index contributed by atoms with van der Waals surface area (Å²) in [4.78, 5) is 12.8. The largest absolute Gasteiger partial charge is 0.375 e. The third kappa shape index (κ3) is 2.64. The Labute approximate surface area is 125 Å². The van der Waals surface area contributed by atoms with Crippen LogP contribution in [0.25, 0.3) is 0 Å². The standard InChI is InChI=1S/C17H21ClO2/c1-12-10-14(18)4-5-15(12)16(19)13-6-9-20-17(11-13)7-2-3-8-17/h4-5,10,13H,2-3,6-9,11H2,1H3. The Bertz CT molecular complexity index is 518. The molecule has 0 amide bonds. The van der Waals surface area contributed by atoms with E-state index in [9.17, 15) is 4.79 Å². The molecule has 0 bridgehead atoms. The van der Waals surface area contributed by atoms with Gasteiger partial charge >= 0.3 is 0 Å². The maximum absolute atomic E-state index is 12.8. The number of carbonyl (C=O) groups excluding carboxylic acids is 1. The van der Waals surface area contributed by atoms with Gasteiger partial charge in [0.05, 0.1) is 5.60 Å². The summed E-state index contributed by atoms with van der Waals surface area (Å²) in [6.45, 7) is 2.69. The first-order chi connectivity index (χ1) is 9.60. The van der Waals surface area contributed by atoms with Crippen molar-refractivity contribution in [1.29, 1.82) is 0 Å². The van der Waals surface area contributed by atoms with Gasteiger partial charge in [0.25, 0.3) is 0 Å². The lowest BCUT2D eigenvalue weighted by atomic mass is 9.80. The molecular formula is C17H21ClO2. The van der Waals surface area contributed by atoms with Crippen molar-refractivity contribution in [1.82, 2.24) is 0 Å². The molecule has 20 heavy (non-hydrogen) atoms. The van der Waals surface area contributed by atoms with Gasteiger partial charge in [-0.2, -0.15) is 0 Å². The van der Waals surface area contributed by atoms with E-state index in [2.05, 4.69) is 0 Å². The van der Waals surface area contributed by atoms with E-state index in [1.807, 2.05) is 25.1 Å². The molecule has 1 aliphatic heterocycles. The van der Waals surface area contributed by atoms with E-state index in [0.29, 0.717) is 5.02 Å². The molecule has 1 unspecified atom stereocenters. The fourth-order valence-corrected chi connectivity index (χ4v) is 3.97. The molecule has 2 nitrogen and oxygen atoms in total. The first-order valence-electron chi connectivity index (χ1n) is 7.54. The predicted octanol–water partition coefficient (Wildman–Crippen LogP) is 4.57. The highest BCUT2D eigenvalue weighted by molar-refractivity contribution is 6.30. The van der Waals surface area contributed by atoms with Crippen LogP contribution in [0.2, 0.25) is 5.02 Å². The second-order valence-corrected chi connectivity index (χ2v) is 6.69. The van der Waals surface area contributed by atoms with Crippen LogP contribution in [0.1, 0.15) is 54.4 Å². The van der Waals surface area contributed by atoms with Gasteiger partial charge in [0.15, 0.2) is 5.78 Å². The van der Waals surface area contributed by atoms with Crippen LogP contribution in [0.5, 0.6) is 0 Å². The molecule has 1 aliphatic carbocycles. The molecule has 108 valence electrons. The van der Waals surface area contributed by atoms with Crippen LogP contribution in [-0.4, -0.2) is 18.0 Å². The highest BCUT2D eigenvalue weighted by Gasteiger charge is 2.42. The van der Waals surface area contributed by atoms with E-state index in [1.165, 1.54) is 12.8 Å². The zero-order valence-electron chi connectivity index (χ0n) is 12.0. The summed E-state index contributed by atoms with van der Waals surface area (Å²) in [7, 11) is 0. The van der Waals surface area contributed by atoms with Crippen molar-refractivity contribution in [2.24, 2.45) is 5.92 Å². The second kappa shape index (κ2) is 5.50. The first kappa shape index (κ1) is 14.1. The molecular weight excluding hydrogens is 272 g/mol. The van der Waals surface area contributed by atoms with Gasteiger partial charge in [-0.1, -0.05) is 24.4 Å². The van der Waals surface area contributed by atoms with Crippen LogP contribution >= 0.6 is 11.6 Å². The number of aryl methyl sites for hydroxylation is 1. The van der Waals surface area contributed by atoms with Crippen molar-refractivity contribution in [3.63, 3.8) is 0 Å². The zero-order chi connectivity index (χ0) is 14.2. The molecule has 0 aromatic heterocycles. The van der Waals surface area contributed by atoms with Gasteiger partial charge in [0.2, 0.25) is 0 Å². The molecule has 2 aliphatic rings. The van der Waals surface area contributed by atoms with Crippen LogP contribution in [0.3, 0.4) is 0 Å². The van der Waals surface area contributed by atoms with Gasteiger partial charge in [-0.25, -0.2) is 0 Å². The number of ether oxygens (including phenoxy) is 1. The van der Waals surface area contributed by atoms with Crippen molar-refractivity contribution in [3.05, 3.63) is 34.3 Å². The number of rotatable bonds is 2. The van der Waals surface area contributed by atoms with Crippen LogP contribution in [-0.2, 0) is 4.74 Å². The molecule has 2 fully saturated rings. The van der Waals surface area contributed by atoms with Gasteiger partial charge in [0.1, 0.15) is 0 Å². The Balaban J connectivity index is 1.79. The quantitative estimate of drug-likeness (QED) is 0.746. The molecule has 3 rings (SSSR count). The van der Waals surface area contributed by atoms with Gasteiger partial charge in [0, 0.05) is 23.1 Å². The molecule has 1 aromatic rings.